The summed E-state index contributed by atoms with van der Waals surface area (Å²) in [6, 6.07) is 11.0. The van der Waals surface area contributed by atoms with Crippen molar-refractivity contribution < 1.29 is 0 Å². The van der Waals surface area contributed by atoms with Crippen LogP contribution in [0, 0.1) is 18.3 Å². The van der Waals surface area contributed by atoms with Crippen LogP contribution < -0.4 is 5.32 Å². The van der Waals surface area contributed by atoms with E-state index in [-0.39, 0.29) is 0 Å². The van der Waals surface area contributed by atoms with Crippen LogP contribution in [-0.4, -0.2) is 6.04 Å². The summed E-state index contributed by atoms with van der Waals surface area (Å²) < 4.78 is 0. The molecule has 1 aliphatic rings. The Kier molecular flexibility index (Phi) is 4.02. The minimum absolute atomic E-state index is 0.428. The molecule has 0 aromatic heterocycles. The largest absolute Gasteiger partial charge is 0.309 e. The van der Waals surface area contributed by atoms with Crippen molar-refractivity contribution in [3.8, 4) is 12.3 Å². The molecular formula is C15H19N. The molecule has 1 N–H and O–H groups in total. The van der Waals surface area contributed by atoms with Gasteiger partial charge in [-0.15, -0.1) is 12.3 Å². The third kappa shape index (κ3) is 2.87. The molecule has 1 aromatic carbocycles. The molecule has 0 unspecified atom stereocenters. The van der Waals surface area contributed by atoms with Crippen molar-refractivity contribution in [2.75, 3.05) is 0 Å². The van der Waals surface area contributed by atoms with Crippen LogP contribution in [0.2, 0.25) is 0 Å². The highest BCUT2D eigenvalue weighted by molar-refractivity contribution is 5.14. The highest BCUT2D eigenvalue weighted by atomic mass is 14.9. The topological polar surface area (TPSA) is 12.0 Å². The molecule has 84 valence electrons. The van der Waals surface area contributed by atoms with E-state index in [0.29, 0.717) is 12.0 Å². The van der Waals surface area contributed by atoms with Gasteiger partial charge >= 0.3 is 0 Å². The summed E-state index contributed by atoms with van der Waals surface area (Å²) in [7, 11) is 0. The molecule has 1 saturated carbocycles. The van der Waals surface area contributed by atoms with Crippen LogP contribution >= 0.6 is 0 Å². The molecule has 1 fully saturated rings. The zero-order chi connectivity index (χ0) is 11.2. The minimum Gasteiger partial charge on any atom is -0.309 e. The summed E-state index contributed by atoms with van der Waals surface area (Å²) in [5, 5.41) is 3.60. The summed E-state index contributed by atoms with van der Waals surface area (Å²) in [6.45, 7) is 0.934. The minimum atomic E-state index is 0.428. The second-order valence-corrected chi connectivity index (χ2v) is 4.53. The fourth-order valence-corrected chi connectivity index (χ4v) is 2.42. The van der Waals surface area contributed by atoms with E-state index in [9.17, 15) is 0 Å². The summed E-state index contributed by atoms with van der Waals surface area (Å²) in [6.07, 6.45) is 10.6. The van der Waals surface area contributed by atoms with Gasteiger partial charge in [0.1, 0.15) is 0 Å². The van der Waals surface area contributed by atoms with Gasteiger partial charge in [0.15, 0.2) is 0 Å². The summed E-state index contributed by atoms with van der Waals surface area (Å²) >= 11 is 0. The Labute approximate surface area is 98.3 Å². The summed E-state index contributed by atoms with van der Waals surface area (Å²) in [5.74, 6) is 3.36. The lowest BCUT2D eigenvalue weighted by Crippen LogP contribution is -2.37. The average Bonchev–Trinajstić information content (AvgIpc) is 2.38. The first-order valence-corrected chi connectivity index (χ1v) is 6.13. The van der Waals surface area contributed by atoms with Crippen LogP contribution in [0.5, 0.6) is 0 Å². The molecule has 0 spiro atoms. The first kappa shape index (κ1) is 11.2. The van der Waals surface area contributed by atoms with Crippen molar-refractivity contribution in [1.29, 1.82) is 0 Å². The normalized spacial score (nSPS) is 24.9. The lowest BCUT2D eigenvalue weighted by molar-refractivity contribution is 0.313. The van der Waals surface area contributed by atoms with E-state index in [1.54, 1.807) is 0 Å². The van der Waals surface area contributed by atoms with E-state index >= 15 is 0 Å². The standard InChI is InChI=1S/C15H19N/c1-2-14-10-6-7-11-15(14)16-12-13-8-4-3-5-9-13/h1,3-5,8-9,14-16H,6-7,10-12H2/t14-,15-/m0/s1. The van der Waals surface area contributed by atoms with Gasteiger partial charge in [0, 0.05) is 18.5 Å². The second kappa shape index (κ2) is 5.72. The number of hydrogen-bond acceptors (Lipinski definition) is 1. The average molecular weight is 213 g/mol. The molecule has 0 amide bonds. The first-order valence-electron chi connectivity index (χ1n) is 6.13. The Morgan fingerprint density at radius 1 is 1.19 bits per heavy atom. The number of benzene rings is 1. The van der Waals surface area contributed by atoms with Crippen LogP contribution in [0.4, 0.5) is 0 Å². The van der Waals surface area contributed by atoms with Crippen molar-refractivity contribution in [1.82, 2.24) is 5.32 Å². The third-order valence-electron chi connectivity index (χ3n) is 3.39. The molecule has 0 aliphatic heterocycles. The smallest absolute Gasteiger partial charge is 0.0353 e. The van der Waals surface area contributed by atoms with Crippen LogP contribution in [0.15, 0.2) is 30.3 Å². The SMILES string of the molecule is C#C[C@H]1CCCC[C@@H]1NCc1ccccc1. The Morgan fingerprint density at radius 3 is 2.69 bits per heavy atom. The van der Waals surface area contributed by atoms with E-state index in [0.717, 1.165) is 6.54 Å². The molecule has 1 aliphatic carbocycles. The van der Waals surface area contributed by atoms with Crippen molar-refractivity contribution in [3.63, 3.8) is 0 Å². The highest BCUT2D eigenvalue weighted by Gasteiger charge is 2.22. The molecule has 1 nitrogen and oxygen atoms in total. The zero-order valence-corrected chi connectivity index (χ0v) is 9.65. The Bertz CT molecular complexity index is 349. The summed E-state index contributed by atoms with van der Waals surface area (Å²) in [4.78, 5) is 0. The molecule has 1 heteroatoms. The van der Waals surface area contributed by atoms with Gasteiger partial charge < -0.3 is 5.32 Å². The lowest BCUT2D eigenvalue weighted by atomic mass is 9.85. The predicted molar refractivity (Wildman–Crippen MR) is 67.9 cm³/mol. The van der Waals surface area contributed by atoms with Crippen LogP contribution in [0.1, 0.15) is 31.2 Å². The molecule has 1 aromatic rings. The quantitative estimate of drug-likeness (QED) is 0.761. The molecule has 0 heterocycles. The van der Waals surface area contributed by atoms with Gasteiger partial charge in [-0.1, -0.05) is 43.2 Å². The maximum Gasteiger partial charge on any atom is 0.0353 e. The molecular weight excluding hydrogens is 194 g/mol. The maximum atomic E-state index is 5.57. The predicted octanol–water partition coefficient (Wildman–Crippen LogP) is 2.97. The van der Waals surface area contributed by atoms with Crippen molar-refractivity contribution in [2.24, 2.45) is 5.92 Å². The number of terminal acetylenes is 1. The van der Waals surface area contributed by atoms with Gasteiger partial charge in [0.25, 0.3) is 0 Å². The van der Waals surface area contributed by atoms with E-state index < -0.39 is 0 Å². The van der Waals surface area contributed by atoms with E-state index in [1.165, 1.54) is 31.2 Å². The second-order valence-electron chi connectivity index (χ2n) is 4.53. The fourth-order valence-electron chi connectivity index (χ4n) is 2.42. The monoisotopic (exact) mass is 213 g/mol. The highest BCUT2D eigenvalue weighted by Crippen LogP contribution is 2.23. The Hall–Kier alpha value is -1.26. The maximum absolute atomic E-state index is 5.57. The van der Waals surface area contributed by atoms with E-state index in [1.807, 2.05) is 6.07 Å². The third-order valence-corrected chi connectivity index (χ3v) is 3.39. The van der Waals surface area contributed by atoms with Gasteiger partial charge in [-0.3, -0.25) is 0 Å². The summed E-state index contributed by atoms with van der Waals surface area (Å²) in [5.41, 5.74) is 1.34. The molecule has 0 bridgehead atoms. The lowest BCUT2D eigenvalue weighted by Gasteiger charge is -2.28. The van der Waals surface area contributed by atoms with Crippen molar-refractivity contribution in [2.45, 2.75) is 38.3 Å². The van der Waals surface area contributed by atoms with Crippen LogP contribution in [0.3, 0.4) is 0 Å². The zero-order valence-electron chi connectivity index (χ0n) is 9.65. The molecule has 0 saturated heterocycles. The van der Waals surface area contributed by atoms with E-state index in [4.69, 9.17) is 6.42 Å². The van der Waals surface area contributed by atoms with Gasteiger partial charge in [-0.2, -0.15) is 0 Å². The molecule has 16 heavy (non-hydrogen) atoms. The molecule has 2 atom stereocenters. The Balaban J connectivity index is 1.87. The van der Waals surface area contributed by atoms with Gasteiger partial charge in [-0.05, 0) is 18.4 Å². The molecule has 0 radical (unpaired) electrons. The van der Waals surface area contributed by atoms with E-state index in [2.05, 4.69) is 35.5 Å². The van der Waals surface area contributed by atoms with Gasteiger partial charge in [0.05, 0.1) is 0 Å². The molecule has 2 rings (SSSR count). The van der Waals surface area contributed by atoms with Gasteiger partial charge in [-0.25, -0.2) is 0 Å². The van der Waals surface area contributed by atoms with Crippen LogP contribution in [-0.2, 0) is 6.54 Å². The van der Waals surface area contributed by atoms with Crippen molar-refractivity contribution in [3.05, 3.63) is 35.9 Å². The first-order chi connectivity index (χ1) is 7.90. The van der Waals surface area contributed by atoms with Crippen molar-refractivity contribution >= 4 is 0 Å². The number of nitrogens with one attached hydrogen (secondary N) is 1. The number of hydrogen-bond donors (Lipinski definition) is 1. The fraction of sp³-hybridized carbons (Fsp3) is 0.467. The Morgan fingerprint density at radius 2 is 1.94 bits per heavy atom. The number of rotatable bonds is 3. The van der Waals surface area contributed by atoms with Gasteiger partial charge in [0.2, 0.25) is 0 Å². The van der Waals surface area contributed by atoms with Crippen LogP contribution in [0.25, 0.3) is 0 Å².